The molecule has 0 atom stereocenters. The Hall–Kier alpha value is -2.70. The molecule has 0 radical (unpaired) electrons. The quantitative estimate of drug-likeness (QED) is 0.914. The van der Waals surface area contributed by atoms with E-state index >= 15 is 0 Å². The second-order valence-corrected chi connectivity index (χ2v) is 6.05. The first-order valence-corrected chi connectivity index (χ1v) is 8.17. The van der Waals surface area contributed by atoms with Crippen LogP contribution in [0.2, 0.25) is 0 Å². The van der Waals surface area contributed by atoms with Crippen molar-refractivity contribution in [2.24, 2.45) is 0 Å². The molecule has 3 heterocycles. The van der Waals surface area contributed by atoms with E-state index in [9.17, 15) is 4.79 Å². The molecule has 2 aromatic heterocycles. The number of carbonyl (C=O) groups excluding carboxylic acids is 1. The van der Waals surface area contributed by atoms with Crippen LogP contribution in [0.5, 0.6) is 0 Å². The lowest BCUT2D eigenvalue weighted by molar-refractivity contribution is 0.0938. The molecule has 0 spiro atoms. The summed E-state index contributed by atoms with van der Waals surface area (Å²) in [6.07, 6.45) is 3.27. The summed E-state index contributed by atoms with van der Waals surface area (Å²) in [5.41, 5.74) is 0.404. The van der Waals surface area contributed by atoms with Gasteiger partial charge in [0.2, 0.25) is 0 Å². The number of hydrogen-bond acceptors (Lipinski definition) is 6. The van der Waals surface area contributed by atoms with Crippen LogP contribution in [0.3, 0.4) is 0 Å². The van der Waals surface area contributed by atoms with Crippen LogP contribution >= 0.6 is 0 Å². The average Bonchev–Trinajstić information content (AvgIpc) is 2.62. The topological polar surface area (TPSA) is 74.2 Å². The lowest BCUT2D eigenvalue weighted by Crippen LogP contribution is -2.47. The molecule has 0 aromatic carbocycles. The van der Waals surface area contributed by atoms with Crippen molar-refractivity contribution in [3.63, 3.8) is 0 Å². The van der Waals surface area contributed by atoms with Gasteiger partial charge in [-0.1, -0.05) is 6.07 Å². The summed E-state index contributed by atoms with van der Waals surface area (Å²) in [7, 11) is 0. The molecule has 24 heavy (non-hydrogen) atoms. The van der Waals surface area contributed by atoms with Gasteiger partial charge in [-0.25, -0.2) is 15.0 Å². The van der Waals surface area contributed by atoms with Gasteiger partial charge in [0, 0.05) is 44.5 Å². The van der Waals surface area contributed by atoms with E-state index in [0.717, 1.165) is 37.8 Å². The number of piperazine rings is 1. The molecule has 126 valence electrons. The zero-order chi connectivity index (χ0) is 16.9. The van der Waals surface area contributed by atoms with Gasteiger partial charge in [0.05, 0.1) is 0 Å². The fourth-order valence-electron chi connectivity index (χ4n) is 2.69. The second kappa shape index (κ2) is 7.25. The second-order valence-electron chi connectivity index (χ2n) is 6.05. The summed E-state index contributed by atoms with van der Waals surface area (Å²) in [6, 6.07) is 7.78. The van der Waals surface area contributed by atoms with Crippen LogP contribution in [0.15, 0.2) is 36.8 Å². The van der Waals surface area contributed by atoms with Gasteiger partial charge in [-0.15, -0.1) is 0 Å². The lowest BCUT2D eigenvalue weighted by Gasteiger charge is -2.36. The third-order valence-corrected chi connectivity index (χ3v) is 3.88. The number of rotatable bonds is 4. The van der Waals surface area contributed by atoms with Crippen LogP contribution in [0, 0.1) is 0 Å². The van der Waals surface area contributed by atoms with Gasteiger partial charge < -0.3 is 15.1 Å². The first-order chi connectivity index (χ1) is 11.6. The molecule has 1 aliphatic rings. The van der Waals surface area contributed by atoms with E-state index in [-0.39, 0.29) is 11.9 Å². The first kappa shape index (κ1) is 16.2. The molecule has 0 bridgehead atoms. The van der Waals surface area contributed by atoms with Crippen molar-refractivity contribution in [2.75, 3.05) is 36.0 Å². The first-order valence-electron chi connectivity index (χ1n) is 8.17. The minimum Gasteiger partial charge on any atom is -0.353 e. The molecule has 1 saturated heterocycles. The normalized spacial score (nSPS) is 14.8. The van der Waals surface area contributed by atoms with E-state index in [1.165, 1.54) is 6.33 Å². The molecule has 1 amide bonds. The van der Waals surface area contributed by atoms with Gasteiger partial charge >= 0.3 is 0 Å². The minimum atomic E-state index is -0.166. The van der Waals surface area contributed by atoms with Gasteiger partial charge in [-0.2, -0.15) is 0 Å². The zero-order valence-electron chi connectivity index (χ0n) is 14.0. The van der Waals surface area contributed by atoms with Crippen molar-refractivity contribution in [3.05, 3.63) is 42.5 Å². The Bertz CT molecular complexity index is 682. The highest BCUT2D eigenvalue weighted by Crippen LogP contribution is 2.17. The Morgan fingerprint density at radius 2 is 1.75 bits per heavy atom. The molecule has 0 saturated carbocycles. The molecular formula is C17H22N6O. The maximum atomic E-state index is 12.1. The third-order valence-electron chi connectivity index (χ3n) is 3.88. The Morgan fingerprint density at radius 1 is 1.04 bits per heavy atom. The van der Waals surface area contributed by atoms with Crippen LogP contribution in [0.1, 0.15) is 24.3 Å². The SMILES string of the molecule is CC(C)NC(=O)c1cc(N2CCN(c3ccccn3)CC2)ncn1. The fourth-order valence-corrected chi connectivity index (χ4v) is 2.69. The Morgan fingerprint density at radius 3 is 2.38 bits per heavy atom. The lowest BCUT2D eigenvalue weighted by atomic mass is 10.2. The van der Waals surface area contributed by atoms with E-state index in [1.54, 1.807) is 6.07 Å². The Kier molecular flexibility index (Phi) is 4.88. The molecule has 1 aliphatic heterocycles. The van der Waals surface area contributed by atoms with Crippen LogP contribution < -0.4 is 15.1 Å². The monoisotopic (exact) mass is 326 g/mol. The Balaban J connectivity index is 1.65. The summed E-state index contributed by atoms with van der Waals surface area (Å²) < 4.78 is 0. The van der Waals surface area contributed by atoms with Gasteiger partial charge in [-0.05, 0) is 26.0 Å². The molecular weight excluding hydrogens is 304 g/mol. The number of anilines is 2. The van der Waals surface area contributed by atoms with E-state index in [1.807, 2.05) is 38.2 Å². The highest BCUT2D eigenvalue weighted by molar-refractivity contribution is 5.93. The standard InChI is InChI=1S/C17H22N6O/c1-13(2)21-17(24)14-11-16(20-12-19-14)23-9-7-22(8-10-23)15-5-3-4-6-18-15/h3-6,11-13H,7-10H2,1-2H3,(H,21,24). The van der Waals surface area contributed by atoms with E-state index in [2.05, 4.69) is 30.1 Å². The van der Waals surface area contributed by atoms with Crippen molar-refractivity contribution in [2.45, 2.75) is 19.9 Å². The summed E-state index contributed by atoms with van der Waals surface area (Å²) >= 11 is 0. The maximum Gasteiger partial charge on any atom is 0.270 e. The summed E-state index contributed by atoms with van der Waals surface area (Å²) in [5, 5.41) is 2.85. The van der Waals surface area contributed by atoms with E-state index in [4.69, 9.17) is 0 Å². The van der Waals surface area contributed by atoms with Gasteiger partial charge in [0.25, 0.3) is 5.91 Å². The number of pyridine rings is 1. The summed E-state index contributed by atoms with van der Waals surface area (Å²) in [4.78, 5) is 29.3. The van der Waals surface area contributed by atoms with Crippen LogP contribution in [-0.2, 0) is 0 Å². The largest absolute Gasteiger partial charge is 0.353 e. The summed E-state index contributed by atoms with van der Waals surface area (Å²) in [5.74, 6) is 1.62. The molecule has 1 fully saturated rings. The van der Waals surface area contributed by atoms with E-state index < -0.39 is 0 Å². The average molecular weight is 326 g/mol. The van der Waals surface area contributed by atoms with Crippen molar-refractivity contribution >= 4 is 17.5 Å². The number of hydrogen-bond donors (Lipinski definition) is 1. The number of amides is 1. The van der Waals surface area contributed by atoms with Gasteiger partial charge in [-0.3, -0.25) is 4.79 Å². The molecule has 1 N–H and O–H groups in total. The highest BCUT2D eigenvalue weighted by atomic mass is 16.1. The molecule has 7 heteroatoms. The van der Waals surface area contributed by atoms with Gasteiger partial charge in [0.15, 0.2) is 0 Å². The zero-order valence-corrected chi connectivity index (χ0v) is 14.0. The number of nitrogens with zero attached hydrogens (tertiary/aromatic N) is 5. The van der Waals surface area contributed by atoms with Crippen LogP contribution in [0.4, 0.5) is 11.6 Å². The third kappa shape index (κ3) is 3.79. The van der Waals surface area contributed by atoms with E-state index in [0.29, 0.717) is 5.69 Å². The van der Waals surface area contributed by atoms with Gasteiger partial charge in [0.1, 0.15) is 23.7 Å². The fraction of sp³-hybridized carbons (Fsp3) is 0.412. The molecule has 0 aliphatic carbocycles. The van der Waals surface area contributed by atoms with Crippen LogP contribution in [0.25, 0.3) is 0 Å². The summed E-state index contributed by atoms with van der Waals surface area (Å²) in [6.45, 7) is 7.26. The number of aromatic nitrogens is 3. The minimum absolute atomic E-state index is 0.0813. The van der Waals surface area contributed by atoms with Crippen molar-refractivity contribution in [1.29, 1.82) is 0 Å². The maximum absolute atomic E-state index is 12.1. The van der Waals surface area contributed by atoms with Crippen molar-refractivity contribution in [3.8, 4) is 0 Å². The predicted octanol–water partition coefficient (Wildman–Crippen LogP) is 1.34. The van der Waals surface area contributed by atoms with Crippen molar-refractivity contribution < 1.29 is 4.79 Å². The van der Waals surface area contributed by atoms with Crippen molar-refractivity contribution in [1.82, 2.24) is 20.3 Å². The Labute approximate surface area is 141 Å². The number of carbonyl (C=O) groups is 1. The molecule has 3 rings (SSSR count). The predicted molar refractivity (Wildman–Crippen MR) is 93.3 cm³/mol. The molecule has 0 unspecified atom stereocenters. The number of nitrogens with one attached hydrogen (secondary N) is 1. The molecule has 7 nitrogen and oxygen atoms in total. The smallest absolute Gasteiger partial charge is 0.270 e. The highest BCUT2D eigenvalue weighted by Gasteiger charge is 2.20. The molecule has 2 aromatic rings. The van der Waals surface area contributed by atoms with Crippen LogP contribution in [-0.4, -0.2) is 53.1 Å².